The van der Waals surface area contributed by atoms with E-state index in [1.165, 1.54) is 18.2 Å². The molecule has 17 heavy (non-hydrogen) atoms. The second kappa shape index (κ2) is 4.65. The van der Waals surface area contributed by atoms with Crippen LogP contribution in [0.4, 0.5) is 14.9 Å². The van der Waals surface area contributed by atoms with E-state index in [1.807, 2.05) is 6.07 Å². The van der Waals surface area contributed by atoms with E-state index in [-0.39, 0.29) is 11.3 Å². The number of rotatable bonds is 2. The summed E-state index contributed by atoms with van der Waals surface area (Å²) < 4.78 is 13.8. The molecule has 2 rings (SSSR count). The van der Waals surface area contributed by atoms with Crippen LogP contribution < -0.4 is 5.32 Å². The molecule has 0 saturated heterocycles. The van der Waals surface area contributed by atoms with Crippen LogP contribution in [0.15, 0.2) is 48.5 Å². The summed E-state index contributed by atoms with van der Waals surface area (Å²) in [5.41, 5.74) is 1.13. The normalized spacial score (nSPS) is 9.94. The van der Waals surface area contributed by atoms with Gasteiger partial charge in [-0.2, -0.15) is 0 Å². The number of benzene rings is 2. The van der Waals surface area contributed by atoms with E-state index in [9.17, 15) is 9.18 Å². The van der Waals surface area contributed by atoms with Gasteiger partial charge in [-0.3, -0.25) is 5.32 Å². The van der Waals surface area contributed by atoms with E-state index >= 15 is 0 Å². The number of anilines is 1. The van der Waals surface area contributed by atoms with Gasteiger partial charge in [0.05, 0.1) is 5.69 Å². The number of nitrogens with one attached hydrogen (secondary N) is 1. The Morgan fingerprint density at radius 1 is 1.06 bits per heavy atom. The maximum atomic E-state index is 13.8. The average molecular weight is 231 g/mol. The lowest BCUT2D eigenvalue weighted by atomic mass is 10.0. The fraction of sp³-hybridized carbons (Fsp3) is 0. The minimum Gasteiger partial charge on any atom is -0.465 e. The van der Waals surface area contributed by atoms with Crippen molar-refractivity contribution in [2.75, 3.05) is 5.32 Å². The number of carbonyl (C=O) groups is 1. The standard InChI is InChI=1S/C13H10FNO2/c14-10-7-4-8-11(15-13(16)17)12(10)9-5-2-1-3-6-9/h1-8,15H,(H,16,17). The molecule has 0 aromatic heterocycles. The maximum absolute atomic E-state index is 13.8. The number of hydrogen-bond acceptors (Lipinski definition) is 1. The lowest BCUT2D eigenvalue weighted by Gasteiger charge is -2.10. The second-order valence-corrected chi connectivity index (χ2v) is 3.46. The van der Waals surface area contributed by atoms with Gasteiger partial charge in [0.15, 0.2) is 0 Å². The molecule has 2 N–H and O–H groups in total. The van der Waals surface area contributed by atoms with Crippen molar-refractivity contribution in [2.24, 2.45) is 0 Å². The topological polar surface area (TPSA) is 49.3 Å². The van der Waals surface area contributed by atoms with Gasteiger partial charge in [0.1, 0.15) is 5.82 Å². The molecule has 0 aliphatic heterocycles. The van der Waals surface area contributed by atoms with Gasteiger partial charge in [0, 0.05) is 5.56 Å². The van der Waals surface area contributed by atoms with Crippen molar-refractivity contribution in [2.45, 2.75) is 0 Å². The Morgan fingerprint density at radius 3 is 2.41 bits per heavy atom. The molecule has 0 aliphatic rings. The number of carboxylic acid groups (broad SMARTS) is 1. The van der Waals surface area contributed by atoms with Gasteiger partial charge in [0.25, 0.3) is 0 Å². The van der Waals surface area contributed by atoms with Gasteiger partial charge in [-0.25, -0.2) is 9.18 Å². The van der Waals surface area contributed by atoms with Crippen LogP contribution in [-0.4, -0.2) is 11.2 Å². The zero-order valence-electron chi connectivity index (χ0n) is 8.85. The molecule has 86 valence electrons. The quantitative estimate of drug-likeness (QED) is 0.829. The second-order valence-electron chi connectivity index (χ2n) is 3.46. The fourth-order valence-corrected chi connectivity index (χ4v) is 1.64. The number of hydrogen-bond donors (Lipinski definition) is 2. The molecule has 0 heterocycles. The molecule has 1 amide bonds. The number of amides is 1. The van der Waals surface area contributed by atoms with Crippen molar-refractivity contribution >= 4 is 11.8 Å². The van der Waals surface area contributed by atoms with Gasteiger partial charge < -0.3 is 5.11 Å². The Kier molecular flexibility index (Phi) is 3.05. The molecular formula is C13H10FNO2. The molecule has 0 spiro atoms. The molecule has 4 heteroatoms. The van der Waals surface area contributed by atoms with Crippen LogP contribution in [0.25, 0.3) is 11.1 Å². The van der Waals surface area contributed by atoms with Gasteiger partial charge in [0.2, 0.25) is 0 Å². The largest absolute Gasteiger partial charge is 0.465 e. The van der Waals surface area contributed by atoms with Gasteiger partial charge >= 0.3 is 6.09 Å². The zero-order valence-corrected chi connectivity index (χ0v) is 8.85. The highest BCUT2D eigenvalue weighted by molar-refractivity contribution is 5.90. The Balaban J connectivity index is 2.55. The Bertz CT molecular complexity index is 540. The summed E-state index contributed by atoms with van der Waals surface area (Å²) >= 11 is 0. The third-order valence-corrected chi connectivity index (χ3v) is 2.32. The monoisotopic (exact) mass is 231 g/mol. The maximum Gasteiger partial charge on any atom is 0.409 e. The molecule has 0 unspecified atom stereocenters. The SMILES string of the molecule is O=C(O)Nc1cccc(F)c1-c1ccccc1. The summed E-state index contributed by atoms with van der Waals surface area (Å²) in [7, 11) is 0. The Labute approximate surface area is 97.5 Å². The van der Waals surface area contributed by atoms with E-state index in [4.69, 9.17) is 5.11 Å². The average Bonchev–Trinajstić information content (AvgIpc) is 2.29. The van der Waals surface area contributed by atoms with Crippen molar-refractivity contribution in [1.29, 1.82) is 0 Å². The van der Waals surface area contributed by atoms with E-state index in [1.54, 1.807) is 24.3 Å². The van der Waals surface area contributed by atoms with E-state index in [0.29, 0.717) is 5.56 Å². The molecular weight excluding hydrogens is 221 g/mol. The van der Waals surface area contributed by atoms with E-state index < -0.39 is 11.9 Å². The first kappa shape index (κ1) is 11.1. The lowest BCUT2D eigenvalue weighted by molar-refractivity contribution is 0.210. The summed E-state index contributed by atoms with van der Waals surface area (Å²) in [6.07, 6.45) is -1.22. The minimum atomic E-state index is -1.22. The third-order valence-electron chi connectivity index (χ3n) is 2.32. The van der Waals surface area contributed by atoms with Crippen LogP contribution >= 0.6 is 0 Å². The summed E-state index contributed by atoms with van der Waals surface area (Å²) in [5, 5.41) is 10.9. The molecule has 3 nitrogen and oxygen atoms in total. The highest BCUT2D eigenvalue weighted by Crippen LogP contribution is 2.30. The highest BCUT2D eigenvalue weighted by atomic mass is 19.1. The Hall–Kier alpha value is -2.36. The molecule has 0 fully saturated rings. The van der Waals surface area contributed by atoms with Crippen LogP contribution in [0.3, 0.4) is 0 Å². The Morgan fingerprint density at radius 2 is 1.76 bits per heavy atom. The molecule has 0 bridgehead atoms. The van der Waals surface area contributed by atoms with E-state index in [0.717, 1.165) is 0 Å². The van der Waals surface area contributed by atoms with Crippen LogP contribution in [0, 0.1) is 5.82 Å². The molecule has 2 aromatic rings. The summed E-state index contributed by atoms with van der Waals surface area (Å²) in [6, 6.07) is 13.1. The van der Waals surface area contributed by atoms with Crippen molar-refractivity contribution in [3.05, 3.63) is 54.3 Å². The van der Waals surface area contributed by atoms with Crippen molar-refractivity contribution < 1.29 is 14.3 Å². The molecule has 0 radical (unpaired) electrons. The van der Waals surface area contributed by atoms with Crippen molar-refractivity contribution in [1.82, 2.24) is 0 Å². The smallest absolute Gasteiger partial charge is 0.409 e. The molecule has 0 saturated carbocycles. The van der Waals surface area contributed by atoms with Gasteiger partial charge in [-0.05, 0) is 17.7 Å². The minimum absolute atomic E-state index is 0.240. The summed E-state index contributed by atoms with van der Waals surface area (Å²) in [5.74, 6) is -0.456. The van der Waals surface area contributed by atoms with Gasteiger partial charge in [-0.15, -0.1) is 0 Å². The summed E-state index contributed by atoms with van der Waals surface area (Å²) in [4.78, 5) is 10.6. The van der Waals surface area contributed by atoms with Crippen molar-refractivity contribution in [3.63, 3.8) is 0 Å². The molecule has 0 atom stereocenters. The fourth-order valence-electron chi connectivity index (χ4n) is 1.64. The molecule has 2 aromatic carbocycles. The first-order valence-corrected chi connectivity index (χ1v) is 5.02. The predicted molar refractivity (Wildman–Crippen MR) is 63.5 cm³/mol. The van der Waals surface area contributed by atoms with E-state index in [2.05, 4.69) is 5.32 Å². The lowest BCUT2D eigenvalue weighted by Crippen LogP contribution is -2.08. The van der Waals surface area contributed by atoms with Crippen LogP contribution in [-0.2, 0) is 0 Å². The predicted octanol–water partition coefficient (Wildman–Crippen LogP) is 3.58. The third kappa shape index (κ3) is 2.42. The van der Waals surface area contributed by atoms with Crippen molar-refractivity contribution in [3.8, 4) is 11.1 Å². The van der Waals surface area contributed by atoms with Crippen LogP contribution in [0.2, 0.25) is 0 Å². The highest BCUT2D eigenvalue weighted by Gasteiger charge is 2.11. The van der Waals surface area contributed by atoms with Crippen LogP contribution in [0.1, 0.15) is 0 Å². The van der Waals surface area contributed by atoms with Crippen LogP contribution in [0.5, 0.6) is 0 Å². The zero-order chi connectivity index (χ0) is 12.3. The number of halogens is 1. The first-order chi connectivity index (χ1) is 8.18. The summed E-state index contributed by atoms with van der Waals surface area (Å²) in [6.45, 7) is 0. The van der Waals surface area contributed by atoms with Gasteiger partial charge in [-0.1, -0.05) is 36.4 Å². The first-order valence-electron chi connectivity index (χ1n) is 5.02. The molecule has 0 aliphatic carbocycles.